The Labute approximate surface area is 242 Å². The third kappa shape index (κ3) is 5.39. The molecule has 2 aromatic carbocycles. The largest absolute Gasteiger partial charge is 0.495 e. The van der Waals surface area contributed by atoms with Crippen molar-refractivity contribution in [2.45, 2.75) is 44.9 Å². The standard InChI is InChI=1S/C29H32ClFN6O4/c1-15-11-21(23(40-5)12-16(15)25(38)34-20-9-10-32-14-19(20)31)35-28-33-13-18(30)26(36-28)41-22-8-6-7-17-24(22)27(39)37(4)29(17,2)3/h6-8,11-13,19-20,32H,9-10,14H2,1-5H3,(H,34,38)(H,33,35,36)/t19-,20+/m1/s1. The summed E-state index contributed by atoms with van der Waals surface area (Å²) < 4.78 is 25.8. The zero-order valence-electron chi connectivity index (χ0n) is 23.5. The van der Waals surface area contributed by atoms with Crippen molar-refractivity contribution in [3.8, 4) is 17.4 Å². The lowest BCUT2D eigenvalue weighted by atomic mass is 9.94. The Kier molecular flexibility index (Phi) is 7.76. The van der Waals surface area contributed by atoms with Crippen LogP contribution in [0.2, 0.25) is 5.02 Å². The second kappa shape index (κ2) is 11.1. The van der Waals surface area contributed by atoms with Gasteiger partial charge in [-0.2, -0.15) is 4.98 Å². The van der Waals surface area contributed by atoms with Gasteiger partial charge in [0, 0.05) is 19.2 Å². The van der Waals surface area contributed by atoms with E-state index in [9.17, 15) is 14.0 Å². The lowest BCUT2D eigenvalue weighted by Gasteiger charge is -2.28. The molecule has 1 saturated heterocycles. The molecule has 2 aliphatic heterocycles. The number of benzene rings is 2. The van der Waals surface area contributed by atoms with E-state index >= 15 is 0 Å². The van der Waals surface area contributed by atoms with Gasteiger partial charge in [0.05, 0.1) is 36.1 Å². The van der Waals surface area contributed by atoms with Gasteiger partial charge in [0.1, 0.15) is 22.7 Å². The molecule has 2 amide bonds. The third-order valence-electron chi connectivity index (χ3n) is 7.72. The lowest BCUT2D eigenvalue weighted by Crippen LogP contribution is -2.50. The fraction of sp³-hybridized carbons (Fsp3) is 0.379. The van der Waals surface area contributed by atoms with Crippen molar-refractivity contribution in [3.05, 3.63) is 63.8 Å². The summed E-state index contributed by atoms with van der Waals surface area (Å²) in [5.74, 6) is 0.387. The van der Waals surface area contributed by atoms with E-state index in [0.29, 0.717) is 46.8 Å². The van der Waals surface area contributed by atoms with Crippen molar-refractivity contribution < 1.29 is 23.5 Å². The van der Waals surface area contributed by atoms with Crippen LogP contribution in [0.1, 0.15) is 52.1 Å². The number of ether oxygens (including phenoxy) is 2. The molecule has 1 fully saturated rings. The van der Waals surface area contributed by atoms with Gasteiger partial charge in [-0.1, -0.05) is 23.7 Å². The molecule has 10 nitrogen and oxygen atoms in total. The van der Waals surface area contributed by atoms with Gasteiger partial charge in [-0.25, -0.2) is 9.37 Å². The molecule has 3 aromatic rings. The Morgan fingerprint density at radius 3 is 2.78 bits per heavy atom. The molecule has 2 atom stereocenters. The molecule has 0 saturated carbocycles. The molecule has 3 heterocycles. The summed E-state index contributed by atoms with van der Waals surface area (Å²) in [5, 5.41) is 9.03. The van der Waals surface area contributed by atoms with Crippen LogP contribution in [-0.2, 0) is 5.54 Å². The van der Waals surface area contributed by atoms with Gasteiger partial charge in [0.25, 0.3) is 11.8 Å². The molecule has 12 heteroatoms. The van der Waals surface area contributed by atoms with Crippen LogP contribution in [0.3, 0.4) is 0 Å². The predicted molar refractivity (Wildman–Crippen MR) is 153 cm³/mol. The number of piperidine rings is 1. The van der Waals surface area contributed by atoms with Crippen LogP contribution in [0, 0.1) is 6.92 Å². The van der Waals surface area contributed by atoms with E-state index in [1.807, 2.05) is 26.0 Å². The number of nitrogens with zero attached hydrogens (tertiary/aromatic N) is 3. The van der Waals surface area contributed by atoms with E-state index in [2.05, 4.69) is 25.9 Å². The number of methoxy groups -OCH3 is 1. The Balaban J connectivity index is 1.39. The van der Waals surface area contributed by atoms with E-state index in [0.717, 1.165) is 5.56 Å². The molecule has 0 radical (unpaired) electrons. The number of rotatable bonds is 7. The van der Waals surface area contributed by atoms with Crippen LogP contribution >= 0.6 is 11.6 Å². The molecular formula is C29H32ClFN6O4. The number of carbonyl (C=O) groups excluding carboxylic acids is 2. The van der Waals surface area contributed by atoms with Crippen LogP contribution in [0.4, 0.5) is 16.0 Å². The second-order valence-electron chi connectivity index (χ2n) is 10.6. The first-order valence-corrected chi connectivity index (χ1v) is 13.6. The molecule has 41 heavy (non-hydrogen) atoms. The predicted octanol–water partition coefficient (Wildman–Crippen LogP) is 4.73. The van der Waals surface area contributed by atoms with Gasteiger partial charge >= 0.3 is 0 Å². The van der Waals surface area contributed by atoms with Gasteiger partial charge in [0.15, 0.2) is 0 Å². The molecule has 2 aliphatic rings. The van der Waals surface area contributed by atoms with Gasteiger partial charge in [-0.05, 0) is 63.1 Å². The number of fused-ring (bicyclic) bond motifs is 1. The van der Waals surface area contributed by atoms with Crippen molar-refractivity contribution >= 4 is 35.1 Å². The minimum atomic E-state index is -1.16. The smallest absolute Gasteiger partial charge is 0.258 e. The first kappa shape index (κ1) is 28.6. The maximum Gasteiger partial charge on any atom is 0.258 e. The number of amides is 2. The van der Waals surface area contributed by atoms with E-state index in [4.69, 9.17) is 21.1 Å². The Morgan fingerprint density at radius 1 is 1.27 bits per heavy atom. The number of anilines is 2. The third-order valence-corrected chi connectivity index (χ3v) is 7.98. The minimum Gasteiger partial charge on any atom is -0.495 e. The fourth-order valence-corrected chi connectivity index (χ4v) is 5.21. The van der Waals surface area contributed by atoms with Gasteiger partial charge < -0.3 is 30.3 Å². The highest BCUT2D eigenvalue weighted by atomic mass is 35.5. The number of carbonyl (C=O) groups is 2. The van der Waals surface area contributed by atoms with Crippen LogP contribution in [0.15, 0.2) is 36.5 Å². The van der Waals surface area contributed by atoms with Crippen molar-refractivity contribution in [2.75, 3.05) is 32.6 Å². The number of aryl methyl sites for hydroxylation is 1. The number of nitrogens with one attached hydrogen (secondary N) is 3. The highest BCUT2D eigenvalue weighted by Crippen LogP contribution is 2.43. The highest BCUT2D eigenvalue weighted by molar-refractivity contribution is 6.31. The number of hydrogen-bond donors (Lipinski definition) is 3. The molecule has 0 unspecified atom stereocenters. The quantitative estimate of drug-likeness (QED) is 0.366. The van der Waals surface area contributed by atoms with Gasteiger partial charge in [0.2, 0.25) is 11.8 Å². The number of hydrogen-bond acceptors (Lipinski definition) is 8. The van der Waals surface area contributed by atoms with Gasteiger partial charge in [-0.15, -0.1) is 0 Å². The zero-order valence-corrected chi connectivity index (χ0v) is 24.2. The maximum atomic E-state index is 14.2. The Bertz CT molecular complexity index is 1520. The van der Waals surface area contributed by atoms with E-state index in [1.54, 1.807) is 37.1 Å². The zero-order chi connectivity index (χ0) is 29.5. The topological polar surface area (TPSA) is 118 Å². The summed E-state index contributed by atoms with van der Waals surface area (Å²) in [4.78, 5) is 36.4. The van der Waals surface area contributed by atoms with Crippen LogP contribution < -0.4 is 25.4 Å². The summed E-state index contributed by atoms with van der Waals surface area (Å²) in [7, 11) is 3.23. The summed E-state index contributed by atoms with van der Waals surface area (Å²) in [6, 6.07) is 8.18. The summed E-state index contributed by atoms with van der Waals surface area (Å²) in [6.07, 6.45) is 0.743. The van der Waals surface area contributed by atoms with Crippen molar-refractivity contribution in [3.63, 3.8) is 0 Å². The molecule has 3 N–H and O–H groups in total. The number of aromatic nitrogens is 2. The summed E-state index contributed by atoms with van der Waals surface area (Å²) in [6.45, 7) is 6.56. The molecule has 216 valence electrons. The van der Waals surface area contributed by atoms with E-state index in [-0.39, 0.29) is 35.2 Å². The summed E-state index contributed by atoms with van der Waals surface area (Å²) >= 11 is 6.38. The summed E-state index contributed by atoms with van der Waals surface area (Å²) in [5.41, 5.74) is 2.32. The number of alkyl halides is 1. The molecular weight excluding hydrogens is 551 g/mol. The van der Waals surface area contributed by atoms with Gasteiger partial charge in [-0.3, -0.25) is 9.59 Å². The van der Waals surface area contributed by atoms with Crippen LogP contribution in [0.5, 0.6) is 17.4 Å². The highest BCUT2D eigenvalue weighted by Gasteiger charge is 2.42. The van der Waals surface area contributed by atoms with Crippen LogP contribution in [-0.4, -0.2) is 66.1 Å². The average Bonchev–Trinajstić information content (AvgIpc) is 3.12. The van der Waals surface area contributed by atoms with E-state index in [1.165, 1.54) is 13.3 Å². The molecule has 1 aromatic heterocycles. The number of halogens is 2. The van der Waals surface area contributed by atoms with E-state index < -0.39 is 17.8 Å². The van der Waals surface area contributed by atoms with Crippen molar-refractivity contribution in [1.82, 2.24) is 25.5 Å². The SMILES string of the molecule is COc1cc(C(=O)N[C@H]2CCNC[C@H]2F)c(C)cc1Nc1ncc(Cl)c(Oc2cccc3c2C(=O)N(C)C3(C)C)n1. The van der Waals surface area contributed by atoms with Crippen LogP contribution in [0.25, 0.3) is 0 Å². The normalized spacial score (nSPS) is 19.5. The first-order valence-electron chi connectivity index (χ1n) is 13.2. The average molecular weight is 583 g/mol. The van der Waals surface area contributed by atoms with Crippen molar-refractivity contribution in [1.29, 1.82) is 0 Å². The monoisotopic (exact) mass is 582 g/mol. The Hall–Kier alpha value is -3.96. The molecule has 0 aliphatic carbocycles. The molecule has 5 rings (SSSR count). The minimum absolute atomic E-state index is 0.0622. The lowest BCUT2D eigenvalue weighted by molar-refractivity contribution is 0.0689. The van der Waals surface area contributed by atoms with Crippen molar-refractivity contribution in [2.24, 2.45) is 0 Å². The second-order valence-corrected chi connectivity index (χ2v) is 11.0. The molecule has 0 spiro atoms. The fourth-order valence-electron chi connectivity index (χ4n) is 5.09. The maximum absolute atomic E-state index is 14.2. The molecule has 0 bridgehead atoms. The Morgan fingerprint density at radius 2 is 2.05 bits per heavy atom. The first-order chi connectivity index (χ1) is 19.5.